The average molecular weight is 639 g/mol. The van der Waals surface area contributed by atoms with Gasteiger partial charge in [-0.15, -0.1) is 0 Å². The summed E-state index contributed by atoms with van der Waals surface area (Å²) >= 11 is 0. The van der Waals surface area contributed by atoms with Crippen LogP contribution in [0, 0.1) is 11.8 Å². The number of aliphatic imine (C=N–C) groups is 2. The lowest BCUT2D eigenvalue weighted by molar-refractivity contribution is 0.594. The van der Waals surface area contributed by atoms with E-state index < -0.39 is 0 Å². The summed E-state index contributed by atoms with van der Waals surface area (Å²) in [5.74, 6) is 6.93. The number of unbranched alkanes of at least 4 members (excludes halogenated alkanes) is 15. The van der Waals surface area contributed by atoms with Crippen LogP contribution >= 0.6 is 0 Å². The first-order chi connectivity index (χ1) is 23.1. The maximum absolute atomic E-state index is 5.18. The molecule has 2 nitrogen and oxygen atoms in total. The summed E-state index contributed by atoms with van der Waals surface area (Å²) < 4.78 is 0. The van der Waals surface area contributed by atoms with E-state index in [4.69, 9.17) is 9.98 Å². The molecule has 0 N–H and O–H groups in total. The highest BCUT2D eigenvalue weighted by Gasteiger charge is 2.05. The largest absolute Gasteiger partial charge is 0.254 e. The molecule has 0 radical (unpaired) electrons. The van der Waals surface area contributed by atoms with Crippen molar-refractivity contribution in [1.29, 1.82) is 0 Å². The molecule has 2 aromatic rings. The number of nitrogens with zero attached hydrogens (tertiary/aromatic N) is 2. The number of hydrogen-bond donors (Lipinski definition) is 0. The normalized spacial score (nSPS) is 11.7. The number of aryl methyl sites for hydroxylation is 4. The van der Waals surface area contributed by atoms with Crippen molar-refractivity contribution in [2.24, 2.45) is 9.98 Å². The van der Waals surface area contributed by atoms with Crippen molar-refractivity contribution in [3.05, 3.63) is 58.7 Å². The minimum Gasteiger partial charge on any atom is -0.254 e. The predicted octanol–water partition coefficient (Wildman–Crippen LogP) is 14.2. The fourth-order valence-electron chi connectivity index (χ4n) is 6.21. The van der Waals surface area contributed by atoms with Gasteiger partial charge in [-0.05, 0) is 110 Å². The van der Waals surface area contributed by atoms with Crippen LogP contribution in [-0.2, 0) is 25.7 Å². The Bertz CT molecular complexity index is 1150. The topological polar surface area (TPSA) is 24.7 Å². The van der Waals surface area contributed by atoms with E-state index in [9.17, 15) is 0 Å². The highest BCUT2D eigenvalue weighted by Crippen LogP contribution is 2.24. The molecule has 0 aromatic heterocycles. The minimum atomic E-state index is 0.780. The Kier molecular flexibility index (Phi) is 23.5. The molecule has 260 valence electrons. The Morgan fingerprint density at radius 2 is 0.851 bits per heavy atom. The summed E-state index contributed by atoms with van der Waals surface area (Å²) in [5.41, 5.74) is 8.51. The maximum Gasteiger partial charge on any atom is 0.132 e. The second-order valence-corrected chi connectivity index (χ2v) is 13.8. The van der Waals surface area contributed by atoms with Crippen molar-refractivity contribution in [3.8, 4) is 11.8 Å². The van der Waals surface area contributed by atoms with Crippen molar-refractivity contribution in [1.82, 2.24) is 0 Å². The highest BCUT2D eigenvalue weighted by molar-refractivity contribution is 6.39. The molecule has 2 heteroatoms. The molecule has 2 rings (SSSR count). The second-order valence-electron chi connectivity index (χ2n) is 13.8. The molecule has 0 heterocycles. The monoisotopic (exact) mass is 639 g/mol. The first kappa shape index (κ1) is 40.5. The molecule has 0 bridgehead atoms. The standard InChI is InChI=1S/C45H70N2/c1-6-11-16-17-18-19-20-21-26-31-43(47-45-36-41(29-24-14-9-4)33-42(37-45)30-25-15-10-5)38-46-44-34-39(27-22-12-7-2)32-40(35-44)28-23-13-8-3/h32-38H,6-25,27-30H2,1-5H3. The molecule has 0 amide bonds. The molecular formula is C45H70N2. The molecule has 0 aliphatic carbocycles. The lowest BCUT2D eigenvalue weighted by Crippen LogP contribution is -1.97. The molecule has 0 unspecified atom stereocenters. The van der Waals surface area contributed by atoms with Gasteiger partial charge in [0.2, 0.25) is 0 Å². The third-order valence-electron chi connectivity index (χ3n) is 9.06. The van der Waals surface area contributed by atoms with Gasteiger partial charge in [0.1, 0.15) is 5.71 Å². The van der Waals surface area contributed by atoms with Gasteiger partial charge in [-0.2, -0.15) is 0 Å². The molecule has 0 aliphatic heterocycles. The van der Waals surface area contributed by atoms with Gasteiger partial charge in [0, 0.05) is 6.42 Å². The predicted molar refractivity (Wildman–Crippen MR) is 211 cm³/mol. The van der Waals surface area contributed by atoms with E-state index in [2.05, 4.69) is 82.9 Å². The summed E-state index contributed by atoms with van der Waals surface area (Å²) in [6, 6.07) is 14.0. The summed E-state index contributed by atoms with van der Waals surface area (Å²) in [7, 11) is 0. The first-order valence-electron chi connectivity index (χ1n) is 20.0. The fourth-order valence-corrected chi connectivity index (χ4v) is 6.21. The Morgan fingerprint density at radius 1 is 0.468 bits per heavy atom. The Balaban J connectivity index is 2.38. The van der Waals surface area contributed by atoms with Crippen LogP contribution < -0.4 is 0 Å². The zero-order valence-electron chi connectivity index (χ0n) is 31.4. The molecule has 47 heavy (non-hydrogen) atoms. The minimum absolute atomic E-state index is 0.780. The van der Waals surface area contributed by atoms with Gasteiger partial charge in [-0.25, -0.2) is 4.99 Å². The number of benzene rings is 2. The lowest BCUT2D eigenvalue weighted by atomic mass is 10.00. The molecule has 0 saturated heterocycles. The summed E-state index contributed by atoms with van der Waals surface area (Å²) in [4.78, 5) is 10.2. The van der Waals surface area contributed by atoms with Crippen LogP contribution in [0.2, 0.25) is 0 Å². The van der Waals surface area contributed by atoms with Gasteiger partial charge in [-0.1, -0.05) is 143 Å². The van der Waals surface area contributed by atoms with Gasteiger partial charge in [-0.3, -0.25) is 4.99 Å². The van der Waals surface area contributed by atoms with Crippen LogP contribution in [0.5, 0.6) is 0 Å². The number of rotatable bonds is 26. The van der Waals surface area contributed by atoms with E-state index in [1.165, 1.54) is 144 Å². The quantitative estimate of drug-likeness (QED) is 0.0556. The van der Waals surface area contributed by atoms with Crippen molar-refractivity contribution >= 4 is 23.3 Å². The molecule has 0 atom stereocenters. The average Bonchev–Trinajstić information content (AvgIpc) is 3.07. The Hall–Kier alpha value is -2.66. The second kappa shape index (κ2) is 27.3. The first-order valence-corrected chi connectivity index (χ1v) is 20.0. The maximum atomic E-state index is 5.18. The molecule has 0 saturated carbocycles. The van der Waals surface area contributed by atoms with Gasteiger partial charge in [0.05, 0.1) is 17.6 Å². The van der Waals surface area contributed by atoms with E-state index in [-0.39, 0.29) is 0 Å². The van der Waals surface area contributed by atoms with Crippen molar-refractivity contribution in [3.63, 3.8) is 0 Å². The van der Waals surface area contributed by atoms with E-state index >= 15 is 0 Å². The lowest BCUT2D eigenvalue weighted by Gasteiger charge is -2.09. The van der Waals surface area contributed by atoms with E-state index in [0.29, 0.717) is 0 Å². The molecule has 0 aliphatic rings. The molecular weight excluding hydrogens is 569 g/mol. The van der Waals surface area contributed by atoms with Crippen LogP contribution in [-0.4, -0.2) is 11.9 Å². The zero-order valence-corrected chi connectivity index (χ0v) is 31.4. The van der Waals surface area contributed by atoms with E-state index in [0.717, 1.165) is 49.2 Å². The van der Waals surface area contributed by atoms with Gasteiger partial charge >= 0.3 is 0 Å². The highest BCUT2D eigenvalue weighted by atomic mass is 14.8. The molecule has 0 fully saturated rings. The zero-order chi connectivity index (χ0) is 33.8. The Labute approximate surface area is 291 Å². The third-order valence-corrected chi connectivity index (χ3v) is 9.06. The molecule has 0 spiro atoms. The van der Waals surface area contributed by atoms with Crippen molar-refractivity contribution in [2.45, 2.75) is 189 Å². The van der Waals surface area contributed by atoms with Crippen LogP contribution in [0.15, 0.2) is 46.4 Å². The SMILES string of the molecule is CCCCCCCCCC#CC(C=Nc1cc(CCCCC)cc(CCCCC)c1)=Nc1cc(CCCCC)cc(CCCCC)c1. The fraction of sp³-hybridized carbons (Fsp3) is 0.644. The van der Waals surface area contributed by atoms with Crippen molar-refractivity contribution < 1.29 is 0 Å². The van der Waals surface area contributed by atoms with E-state index in [1.807, 2.05) is 6.21 Å². The van der Waals surface area contributed by atoms with Crippen LogP contribution in [0.3, 0.4) is 0 Å². The van der Waals surface area contributed by atoms with Crippen LogP contribution in [0.25, 0.3) is 0 Å². The summed E-state index contributed by atoms with van der Waals surface area (Å²) in [6.07, 6.45) is 31.6. The van der Waals surface area contributed by atoms with Crippen LogP contribution in [0.4, 0.5) is 11.4 Å². The summed E-state index contributed by atoms with van der Waals surface area (Å²) in [6.45, 7) is 11.4. The van der Waals surface area contributed by atoms with Crippen LogP contribution in [0.1, 0.15) is 185 Å². The van der Waals surface area contributed by atoms with Gasteiger partial charge in [0.15, 0.2) is 0 Å². The third kappa shape index (κ3) is 19.7. The van der Waals surface area contributed by atoms with Gasteiger partial charge < -0.3 is 0 Å². The Morgan fingerprint density at radius 3 is 1.30 bits per heavy atom. The summed E-state index contributed by atoms with van der Waals surface area (Å²) in [5, 5.41) is 0. The van der Waals surface area contributed by atoms with Gasteiger partial charge in [0.25, 0.3) is 0 Å². The van der Waals surface area contributed by atoms with E-state index in [1.54, 1.807) is 0 Å². The smallest absolute Gasteiger partial charge is 0.132 e. The van der Waals surface area contributed by atoms with Crippen molar-refractivity contribution in [2.75, 3.05) is 0 Å². The molecule has 2 aromatic carbocycles. The number of hydrogen-bond acceptors (Lipinski definition) is 2.